The zero-order valence-electron chi connectivity index (χ0n) is 17.8. The van der Waals surface area contributed by atoms with Gasteiger partial charge in [0.2, 0.25) is 0 Å². The van der Waals surface area contributed by atoms with Crippen LogP contribution in [0.25, 0.3) is 5.52 Å². The van der Waals surface area contributed by atoms with E-state index in [1.165, 1.54) is 0 Å². The van der Waals surface area contributed by atoms with Gasteiger partial charge in [-0.25, -0.2) is 12.9 Å². The van der Waals surface area contributed by atoms with Crippen LogP contribution in [0.4, 0.5) is 5.69 Å². The standard InChI is InChI=1S/C22H25N5O4S/c1-21(2)20(23)25-22(13-32(21,29)30)8-10-31-18-7-6-14(11-16(18)22)24-19(28)17-12-15-5-3-4-9-27(15)26-17/h3-7,9,11-12,20,25H,8,10,13,23H2,1-2H3,(H,24,28). The number of amides is 1. The highest BCUT2D eigenvalue weighted by atomic mass is 32.2. The Hall–Kier alpha value is -2.95. The fourth-order valence-corrected chi connectivity index (χ4v) is 6.19. The summed E-state index contributed by atoms with van der Waals surface area (Å²) in [7, 11) is -3.50. The third-order valence-corrected chi connectivity index (χ3v) is 9.29. The van der Waals surface area contributed by atoms with Crippen molar-refractivity contribution >= 4 is 26.9 Å². The summed E-state index contributed by atoms with van der Waals surface area (Å²) in [4.78, 5) is 12.8. The third kappa shape index (κ3) is 3.17. The zero-order valence-corrected chi connectivity index (χ0v) is 18.6. The number of nitrogens with zero attached hydrogens (tertiary/aromatic N) is 2. The number of aromatic nitrogens is 2. The summed E-state index contributed by atoms with van der Waals surface area (Å²) in [5.74, 6) is 0.124. The number of nitrogens with one attached hydrogen (secondary N) is 2. The van der Waals surface area contributed by atoms with E-state index in [0.29, 0.717) is 30.0 Å². The molecule has 2 aromatic heterocycles. The van der Waals surface area contributed by atoms with Crippen LogP contribution in [0.5, 0.6) is 5.75 Å². The first-order valence-electron chi connectivity index (χ1n) is 10.4. The normalized spacial score (nSPS) is 25.8. The van der Waals surface area contributed by atoms with Crippen molar-refractivity contribution in [2.24, 2.45) is 5.73 Å². The number of carbonyl (C=O) groups excluding carboxylic acids is 1. The first kappa shape index (κ1) is 20.9. The van der Waals surface area contributed by atoms with Crippen molar-refractivity contribution in [3.63, 3.8) is 0 Å². The second-order valence-electron chi connectivity index (χ2n) is 8.93. The molecule has 168 valence electrons. The van der Waals surface area contributed by atoms with E-state index in [1.54, 1.807) is 48.8 Å². The number of hydrogen-bond donors (Lipinski definition) is 3. The first-order valence-corrected chi connectivity index (χ1v) is 12.1. The van der Waals surface area contributed by atoms with Gasteiger partial charge in [-0.3, -0.25) is 10.1 Å². The Morgan fingerprint density at radius 1 is 1.28 bits per heavy atom. The lowest BCUT2D eigenvalue weighted by Gasteiger charge is -2.49. The minimum Gasteiger partial charge on any atom is -0.493 e. The molecule has 2 unspecified atom stereocenters. The van der Waals surface area contributed by atoms with Gasteiger partial charge in [-0.2, -0.15) is 5.10 Å². The molecule has 0 bridgehead atoms. The topological polar surface area (TPSA) is 128 Å². The molecule has 4 N–H and O–H groups in total. The molecule has 0 aliphatic carbocycles. The summed E-state index contributed by atoms with van der Waals surface area (Å²) < 4.78 is 32.5. The maximum Gasteiger partial charge on any atom is 0.276 e. The lowest BCUT2D eigenvalue weighted by Crippen LogP contribution is -2.71. The van der Waals surface area contributed by atoms with Crippen LogP contribution >= 0.6 is 0 Å². The van der Waals surface area contributed by atoms with Gasteiger partial charge in [-0.1, -0.05) is 6.07 Å². The van der Waals surface area contributed by atoms with E-state index in [9.17, 15) is 13.2 Å². The summed E-state index contributed by atoms with van der Waals surface area (Å²) in [5.41, 5.74) is 7.67. The quantitative estimate of drug-likeness (QED) is 0.536. The highest BCUT2D eigenvalue weighted by Crippen LogP contribution is 2.44. The van der Waals surface area contributed by atoms with E-state index in [4.69, 9.17) is 10.5 Å². The predicted octanol–water partition coefficient (Wildman–Crippen LogP) is 1.65. The van der Waals surface area contributed by atoms with E-state index in [0.717, 1.165) is 5.52 Å². The van der Waals surface area contributed by atoms with Gasteiger partial charge in [0.1, 0.15) is 5.75 Å². The smallest absolute Gasteiger partial charge is 0.276 e. The van der Waals surface area contributed by atoms with E-state index in [2.05, 4.69) is 15.7 Å². The van der Waals surface area contributed by atoms with Crippen LogP contribution in [0.15, 0.2) is 48.7 Å². The lowest BCUT2D eigenvalue weighted by molar-refractivity contribution is 0.102. The maximum atomic E-state index is 13.1. The zero-order chi connectivity index (χ0) is 22.7. The van der Waals surface area contributed by atoms with Crippen molar-refractivity contribution in [2.45, 2.75) is 36.7 Å². The number of benzene rings is 1. The van der Waals surface area contributed by atoms with Crippen molar-refractivity contribution < 1.29 is 17.9 Å². The number of hydrogen-bond acceptors (Lipinski definition) is 7. The predicted molar refractivity (Wildman–Crippen MR) is 120 cm³/mol. The average Bonchev–Trinajstić information content (AvgIpc) is 3.17. The van der Waals surface area contributed by atoms with E-state index in [-0.39, 0.29) is 17.4 Å². The van der Waals surface area contributed by atoms with Crippen LogP contribution in [0.3, 0.4) is 0 Å². The van der Waals surface area contributed by atoms with Crippen LogP contribution in [-0.4, -0.2) is 47.2 Å². The van der Waals surface area contributed by atoms with E-state index < -0.39 is 26.3 Å². The Labute approximate surface area is 185 Å². The van der Waals surface area contributed by atoms with E-state index >= 15 is 0 Å². The number of ether oxygens (including phenoxy) is 1. The third-order valence-electron chi connectivity index (χ3n) is 6.56. The highest BCUT2D eigenvalue weighted by molar-refractivity contribution is 7.92. The number of fused-ring (bicyclic) bond motifs is 3. The molecule has 1 spiro atoms. The largest absolute Gasteiger partial charge is 0.493 e. The molecule has 9 nitrogen and oxygen atoms in total. The summed E-state index contributed by atoms with van der Waals surface area (Å²) in [6.07, 6.45) is 1.47. The molecular weight excluding hydrogens is 430 g/mol. The molecule has 3 aromatic rings. The molecule has 4 heterocycles. The van der Waals surface area contributed by atoms with Gasteiger partial charge in [-0.15, -0.1) is 0 Å². The molecule has 32 heavy (non-hydrogen) atoms. The van der Waals surface area contributed by atoms with Crippen LogP contribution in [0.1, 0.15) is 36.3 Å². The molecule has 1 amide bonds. The van der Waals surface area contributed by atoms with Gasteiger partial charge >= 0.3 is 0 Å². The summed E-state index contributed by atoms with van der Waals surface area (Å²) in [6, 6.07) is 12.5. The van der Waals surface area contributed by atoms with Crippen LogP contribution in [-0.2, 0) is 15.4 Å². The summed E-state index contributed by atoms with van der Waals surface area (Å²) in [5, 5.41) is 10.5. The number of pyridine rings is 1. The van der Waals surface area contributed by atoms with Crippen LogP contribution in [0.2, 0.25) is 0 Å². The number of nitrogens with two attached hydrogens (primary N) is 1. The minimum atomic E-state index is -3.50. The molecule has 1 aromatic carbocycles. The Bertz CT molecular complexity index is 1300. The second kappa shape index (κ2) is 7.03. The Morgan fingerprint density at radius 2 is 2.09 bits per heavy atom. The second-order valence-corrected chi connectivity index (χ2v) is 11.5. The number of rotatable bonds is 2. The van der Waals surface area contributed by atoms with Crippen molar-refractivity contribution in [1.29, 1.82) is 0 Å². The first-order chi connectivity index (χ1) is 15.1. The van der Waals surface area contributed by atoms with Gasteiger partial charge in [0.15, 0.2) is 15.5 Å². The molecule has 2 aliphatic rings. The Morgan fingerprint density at radius 3 is 2.84 bits per heavy atom. The summed E-state index contributed by atoms with van der Waals surface area (Å²) >= 11 is 0. The molecular formula is C22H25N5O4S. The highest BCUT2D eigenvalue weighted by Gasteiger charge is 2.54. The SMILES string of the molecule is CC1(C)C(N)NC2(CCOc3ccc(NC(=O)c4cc5ccccn5n4)cc32)CS1(=O)=O. The Kier molecular flexibility index (Phi) is 4.59. The van der Waals surface area contributed by atoms with Gasteiger partial charge in [0.25, 0.3) is 5.91 Å². The van der Waals surface area contributed by atoms with Crippen molar-refractivity contribution in [3.8, 4) is 5.75 Å². The molecule has 2 atom stereocenters. The molecule has 0 saturated carbocycles. The number of sulfone groups is 1. The van der Waals surface area contributed by atoms with Gasteiger partial charge in [-0.05, 0) is 50.2 Å². The van der Waals surface area contributed by atoms with Crippen LogP contribution in [0, 0.1) is 0 Å². The average molecular weight is 456 g/mol. The monoisotopic (exact) mass is 455 g/mol. The molecule has 0 radical (unpaired) electrons. The van der Waals surface area contributed by atoms with Crippen molar-refractivity contribution in [3.05, 3.63) is 59.9 Å². The maximum absolute atomic E-state index is 13.1. The molecule has 10 heteroatoms. The minimum absolute atomic E-state index is 0.0963. The Balaban J connectivity index is 1.49. The van der Waals surface area contributed by atoms with Crippen molar-refractivity contribution in [2.75, 3.05) is 17.7 Å². The number of carbonyl (C=O) groups is 1. The molecule has 1 saturated heterocycles. The fraction of sp³-hybridized carbons (Fsp3) is 0.364. The number of anilines is 1. The van der Waals surface area contributed by atoms with Gasteiger partial charge < -0.3 is 15.8 Å². The fourth-order valence-electron chi connectivity index (χ4n) is 4.34. The lowest BCUT2D eigenvalue weighted by atomic mass is 9.84. The van der Waals surface area contributed by atoms with Gasteiger partial charge in [0, 0.05) is 23.9 Å². The van der Waals surface area contributed by atoms with Crippen molar-refractivity contribution in [1.82, 2.24) is 14.9 Å². The van der Waals surface area contributed by atoms with Crippen LogP contribution < -0.4 is 21.1 Å². The van der Waals surface area contributed by atoms with Gasteiger partial charge in [0.05, 0.1) is 34.3 Å². The molecule has 5 rings (SSSR count). The molecule has 1 fully saturated rings. The summed E-state index contributed by atoms with van der Waals surface area (Å²) in [6.45, 7) is 3.65. The van der Waals surface area contributed by atoms with E-state index in [1.807, 2.05) is 18.2 Å². The molecule has 2 aliphatic heterocycles.